The van der Waals surface area contributed by atoms with Crippen molar-refractivity contribution in [1.82, 2.24) is 10.2 Å². The Bertz CT molecular complexity index is 1050. The minimum Gasteiger partial charge on any atom is -0.352 e. The first-order valence-electron chi connectivity index (χ1n) is 12.2. The molecule has 1 atom stereocenters. The molecule has 0 aliphatic carbocycles. The van der Waals surface area contributed by atoms with Crippen molar-refractivity contribution in [1.29, 1.82) is 0 Å². The molecule has 0 unspecified atom stereocenters. The Morgan fingerprint density at radius 3 is 2.03 bits per heavy atom. The third kappa shape index (κ3) is 8.91. The fourth-order valence-corrected chi connectivity index (χ4v) is 4.78. The Kier molecular flexibility index (Phi) is 10.4. The normalized spacial score (nSPS) is 11.8. The maximum atomic E-state index is 13.6. The molecular weight excluding hydrogens is 452 g/mol. The molecule has 0 heterocycles. The summed E-state index contributed by atoms with van der Waals surface area (Å²) in [5.41, 5.74) is 4.48. The molecule has 3 aromatic carbocycles. The van der Waals surface area contributed by atoms with E-state index < -0.39 is 6.04 Å². The zero-order valence-electron chi connectivity index (χ0n) is 20.9. The van der Waals surface area contributed by atoms with Gasteiger partial charge in [-0.3, -0.25) is 9.59 Å². The second-order valence-corrected chi connectivity index (χ2v) is 10.3. The highest BCUT2D eigenvalue weighted by Gasteiger charge is 2.30. The van der Waals surface area contributed by atoms with E-state index in [4.69, 9.17) is 0 Å². The molecule has 0 saturated carbocycles. The summed E-state index contributed by atoms with van der Waals surface area (Å²) >= 11 is 1.75. The molecule has 184 valence electrons. The van der Waals surface area contributed by atoms with Gasteiger partial charge >= 0.3 is 0 Å². The first kappa shape index (κ1) is 26.6. The van der Waals surface area contributed by atoms with Crippen LogP contribution < -0.4 is 5.32 Å². The molecule has 0 aliphatic rings. The molecule has 0 bridgehead atoms. The molecule has 0 fully saturated rings. The van der Waals surface area contributed by atoms with E-state index >= 15 is 0 Å². The van der Waals surface area contributed by atoms with E-state index in [1.54, 1.807) is 16.7 Å². The third-order valence-electron chi connectivity index (χ3n) is 5.75. The lowest BCUT2D eigenvalue weighted by Gasteiger charge is -2.32. The van der Waals surface area contributed by atoms with Crippen molar-refractivity contribution in [2.75, 3.05) is 5.75 Å². The van der Waals surface area contributed by atoms with E-state index in [0.717, 1.165) is 16.9 Å². The maximum absolute atomic E-state index is 13.6. The van der Waals surface area contributed by atoms with Crippen LogP contribution in [0.2, 0.25) is 0 Å². The lowest BCUT2D eigenvalue weighted by Crippen LogP contribution is -2.51. The number of amides is 2. The summed E-state index contributed by atoms with van der Waals surface area (Å²) in [7, 11) is 0. The molecule has 4 nitrogen and oxygen atoms in total. The Hall–Kier alpha value is -3.05. The largest absolute Gasteiger partial charge is 0.352 e. The van der Waals surface area contributed by atoms with Gasteiger partial charge in [-0.2, -0.15) is 11.8 Å². The number of nitrogens with zero attached hydrogens (tertiary/aromatic N) is 1. The van der Waals surface area contributed by atoms with Crippen LogP contribution in [0.4, 0.5) is 0 Å². The number of carbonyl (C=O) groups is 2. The topological polar surface area (TPSA) is 49.4 Å². The predicted octanol–water partition coefficient (Wildman–Crippen LogP) is 5.78. The maximum Gasteiger partial charge on any atom is 0.243 e. The van der Waals surface area contributed by atoms with Crippen LogP contribution in [-0.2, 0) is 28.3 Å². The lowest BCUT2D eigenvalue weighted by molar-refractivity contribution is -0.141. The van der Waals surface area contributed by atoms with Gasteiger partial charge in [0.05, 0.1) is 0 Å². The molecule has 3 rings (SSSR count). The van der Waals surface area contributed by atoms with E-state index in [2.05, 4.69) is 17.4 Å². The van der Waals surface area contributed by atoms with E-state index in [1.165, 1.54) is 11.1 Å². The highest BCUT2D eigenvalue weighted by atomic mass is 32.2. The number of rotatable bonds is 12. The second-order valence-electron chi connectivity index (χ2n) is 9.16. The van der Waals surface area contributed by atoms with Crippen molar-refractivity contribution >= 4 is 23.6 Å². The highest BCUT2D eigenvalue weighted by molar-refractivity contribution is 7.98. The van der Waals surface area contributed by atoms with Crippen LogP contribution in [0.3, 0.4) is 0 Å². The molecule has 0 aromatic heterocycles. The van der Waals surface area contributed by atoms with Crippen LogP contribution in [0.25, 0.3) is 0 Å². The molecule has 5 heteroatoms. The van der Waals surface area contributed by atoms with Gasteiger partial charge in [0.15, 0.2) is 0 Å². The monoisotopic (exact) mass is 488 g/mol. The molecule has 2 amide bonds. The van der Waals surface area contributed by atoms with Crippen molar-refractivity contribution in [3.8, 4) is 0 Å². The highest BCUT2D eigenvalue weighted by Crippen LogP contribution is 2.19. The summed E-state index contributed by atoms with van der Waals surface area (Å²) in [5.74, 6) is 1.47. The lowest BCUT2D eigenvalue weighted by atomic mass is 10.0. The number of thioether (sulfide) groups is 1. The van der Waals surface area contributed by atoms with E-state index in [9.17, 15) is 9.59 Å². The SMILES string of the molecule is Cc1ccc(CN(C(=O)CCSCc2ccccc2)[C@@H](Cc2ccccc2)C(=O)NC(C)C)cc1. The van der Waals surface area contributed by atoms with E-state index in [1.807, 2.05) is 93.6 Å². The zero-order chi connectivity index (χ0) is 25.0. The Labute approximate surface area is 214 Å². The first-order chi connectivity index (χ1) is 16.9. The van der Waals surface area contributed by atoms with Crippen molar-refractivity contribution < 1.29 is 9.59 Å². The van der Waals surface area contributed by atoms with Crippen LogP contribution >= 0.6 is 11.8 Å². The molecule has 0 aliphatic heterocycles. The van der Waals surface area contributed by atoms with E-state index in [0.29, 0.717) is 25.1 Å². The smallest absolute Gasteiger partial charge is 0.243 e. The number of hydrogen-bond acceptors (Lipinski definition) is 3. The fraction of sp³-hybridized carbons (Fsp3) is 0.333. The number of hydrogen-bond donors (Lipinski definition) is 1. The van der Waals surface area contributed by atoms with Crippen molar-refractivity contribution in [2.24, 2.45) is 0 Å². The van der Waals surface area contributed by atoms with Crippen LogP contribution in [-0.4, -0.2) is 34.6 Å². The summed E-state index contributed by atoms with van der Waals surface area (Å²) in [5, 5.41) is 3.04. The van der Waals surface area contributed by atoms with Crippen LogP contribution in [0.1, 0.15) is 42.5 Å². The summed E-state index contributed by atoms with van der Waals surface area (Å²) in [6.07, 6.45) is 0.873. The van der Waals surface area contributed by atoms with Crippen molar-refractivity contribution in [3.63, 3.8) is 0 Å². The average molecular weight is 489 g/mol. The summed E-state index contributed by atoms with van der Waals surface area (Å²) < 4.78 is 0. The second kappa shape index (κ2) is 13.7. The van der Waals surface area contributed by atoms with Gasteiger partial charge in [0, 0.05) is 36.9 Å². The molecule has 35 heavy (non-hydrogen) atoms. The Morgan fingerprint density at radius 2 is 1.43 bits per heavy atom. The quantitative estimate of drug-likeness (QED) is 0.329. The van der Waals surface area contributed by atoms with Crippen LogP contribution in [0, 0.1) is 6.92 Å². The van der Waals surface area contributed by atoms with Gasteiger partial charge in [-0.05, 0) is 37.5 Å². The predicted molar refractivity (Wildman–Crippen MR) is 146 cm³/mol. The molecular formula is C30H36N2O2S. The number of aryl methyl sites for hydroxylation is 1. The number of benzene rings is 3. The van der Waals surface area contributed by atoms with Gasteiger partial charge < -0.3 is 10.2 Å². The van der Waals surface area contributed by atoms with Crippen molar-refractivity contribution in [2.45, 2.75) is 58.0 Å². The van der Waals surface area contributed by atoms with Gasteiger partial charge in [-0.15, -0.1) is 0 Å². The Morgan fingerprint density at radius 1 is 0.829 bits per heavy atom. The minimum absolute atomic E-state index is 0.00136. The van der Waals surface area contributed by atoms with Crippen LogP contribution in [0.15, 0.2) is 84.9 Å². The summed E-state index contributed by atoms with van der Waals surface area (Å²) in [4.78, 5) is 28.7. The van der Waals surface area contributed by atoms with Gasteiger partial charge in [-0.1, -0.05) is 90.5 Å². The average Bonchev–Trinajstić information content (AvgIpc) is 2.86. The molecule has 0 saturated heterocycles. The first-order valence-corrected chi connectivity index (χ1v) is 13.4. The van der Waals surface area contributed by atoms with E-state index in [-0.39, 0.29) is 17.9 Å². The minimum atomic E-state index is -0.576. The fourth-order valence-electron chi connectivity index (χ4n) is 3.89. The van der Waals surface area contributed by atoms with Gasteiger partial charge in [0.25, 0.3) is 0 Å². The number of carbonyl (C=O) groups excluding carboxylic acids is 2. The molecule has 0 radical (unpaired) electrons. The van der Waals surface area contributed by atoms with Gasteiger partial charge in [0.2, 0.25) is 11.8 Å². The summed E-state index contributed by atoms with van der Waals surface area (Å²) in [6, 6.07) is 27.8. The molecule has 0 spiro atoms. The van der Waals surface area contributed by atoms with Gasteiger partial charge in [0.1, 0.15) is 6.04 Å². The molecule has 1 N–H and O–H groups in total. The standard InChI is InChI=1S/C30H36N2O2S/c1-23(2)31-30(34)28(20-25-10-6-4-7-11-25)32(21-26-16-14-24(3)15-17-26)29(33)18-19-35-22-27-12-8-5-9-13-27/h4-17,23,28H,18-22H2,1-3H3,(H,31,34)/t28-/m0/s1. The van der Waals surface area contributed by atoms with Crippen molar-refractivity contribution in [3.05, 3.63) is 107 Å². The van der Waals surface area contributed by atoms with Gasteiger partial charge in [-0.25, -0.2) is 0 Å². The van der Waals surface area contributed by atoms with Crippen LogP contribution in [0.5, 0.6) is 0 Å². The summed E-state index contributed by atoms with van der Waals surface area (Å²) in [6.45, 7) is 6.35. The zero-order valence-corrected chi connectivity index (χ0v) is 21.8. The Balaban J connectivity index is 1.78. The molecule has 3 aromatic rings. The third-order valence-corrected chi connectivity index (χ3v) is 6.78. The number of nitrogens with one attached hydrogen (secondary N) is 1.